The summed E-state index contributed by atoms with van der Waals surface area (Å²) in [5.41, 5.74) is 3.20. The fraction of sp³-hybridized carbons (Fsp3) is 0.778. The lowest BCUT2D eigenvalue weighted by Crippen LogP contribution is -2.38. The van der Waals surface area contributed by atoms with Crippen molar-refractivity contribution < 1.29 is 9.59 Å². The van der Waals surface area contributed by atoms with Crippen molar-refractivity contribution in [3.05, 3.63) is 11.1 Å². The van der Waals surface area contributed by atoms with Crippen LogP contribution in [0, 0.1) is 23.7 Å². The first-order valence-electron chi connectivity index (χ1n) is 8.84. The molecule has 0 unspecified atom stereocenters. The topological polar surface area (TPSA) is 46.2 Å². The fourth-order valence-electron chi connectivity index (χ4n) is 5.50. The lowest BCUT2D eigenvalue weighted by Gasteiger charge is -2.40. The molecule has 4 rings (SSSR count). The number of rotatable bonds is 0. The minimum atomic E-state index is -0.0440. The SMILES string of the molecule is O=C1NC(=O)[C@H]2[C@@H]1[C@@H]1CCCCCC1=C1CCCCC[C@@H]12. The summed E-state index contributed by atoms with van der Waals surface area (Å²) >= 11 is 0. The Hall–Kier alpha value is -1.12. The molecule has 0 aromatic heterocycles. The van der Waals surface area contributed by atoms with Crippen LogP contribution in [0.4, 0.5) is 0 Å². The molecular formula is C18H25NO2. The highest BCUT2D eigenvalue weighted by Gasteiger charge is 2.54. The highest BCUT2D eigenvalue weighted by atomic mass is 16.2. The summed E-state index contributed by atoms with van der Waals surface area (Å²) in [7, 11) is 0. The van der Waals surface area contributed by atoms with Crippen LogP contribution in [0.1, 0.15) is 64.2 Å². The molecule has 1 heterocycles. The molecule has 114 valence electrons. The minimum absolute atomic E-state index is 0.0256. The van der Waals surface area contributed by atoms with E-state index in [1.54, 1.807) is 11.1 Å². The number of allylic oxidation sites excluding steroid dienone is 2. The van der Waals surface area contributed by atoms with Gasteiger partial charge < -0.3 is 0 Å². The Morgan fingerprint density at radius 2 is 1.14 bits per heavy atom. The molecule has 3 fully saturated rings. The summed E-state index contributed by atoms with van der Waals surface area (Å²) < 4.78 is 0. The van der Waals surface area contributed by atoms with Gasteiger partial charge in [-0.25, -0.2) is 0 Å². The molecule has 3 aliphatic carbocycles. The number of nitrogens with one attached hydrogen (secondary N) is 1. The predicted octanol–water partition coefficient (Wildman–Crippen LogP) is 3.35. The summed E-state index contributed by atoms with van der Waals surface area (Å²) in [5, 5.41) is 2.66. The van der Waals surface area contributed by atoms with E-state index in [2.05, 4.69) is 5.32 Å². The van der Waals surface area contributed by atoms with Crippen LogP contribution in [0.2, 0.25) is 0 Å². The van der Waals surface area contributed by atoms with Crippen LogP contribution in [-0.4, -0.2) is 11.8 Å². The van der Waals surface area contributed by atoms with Crippen LogP contribution in [0.5, 0.6) is 0 Å². The highest BCUT2D eigenvalue weighted by Crippen LogP contribution is 2.53. The predicted molar refractivity (Wildman–Crippen MR) is 80.3 cm³/mol. The van der Waals surface area contributed by atoms with Crippen LogP contribution in [-0.2, 0) is 9.59 Å². The van der Waals surface area contributed by atoms with Crippen LogP contribution in [0.3, 0.4) is 0 Å². The Morgan fingerprint density at radius 3 is 1.62 bits per heavy atom. The molecular weight excluding hydrogens is 262 g/mol. The van der Waals surface area contributed by atoms with Gasteiger partial charge in [0.05, 0.1) is 11.8 Å². The van der Waals surface area contributed by atoms with Crippen molar-refractivity contribution in [1.82, 2.24) is 5.32 Å². The molecule has 0 aromatic carbocycles. The smallest absolute Gasteiger partial charge is 0.231 e. The van der Waals surface area contributed by atoms with Crippen molar-refractivity contribution in [3.8, 4) is 0 Å². The van der Waals surface area contributed by atoms with E-state index in [-0.39, 0.29) is 23.7 Å². The second-order valence-electron chi connectivity index (χ2n) is 7.37. The van der Waals surface area contributed by atoms with Crippen molar-refractivity contribution in [3.63, 3.8) is 0 Å². The van der Waals surface area contributed by atoms with E-state index >= 15 is 0 Å². The maximum atomic E-state index is 12.4. The molecule has 0 radical (unpaired) electrons. The van der Waals surface area contributed by atoms with E-state index in [0.29, 0.717) is 11.8 Å². The van der Waals surface area contributed by atoms with Crippen LogP contribution in [0.25, 0.3) is 0 Å². The number of carbonyl (C=O) groups is 2. The van der Waals surface area contributed by atoms with Gasteiger partial charge in [0.25, 0.3) is 0 Å². The average Bonchev–Trinajstić information content (AvgIpc) is 2.73. The van der Waals surface area contributed by atoms with Gasteiger partial charge in [-0.15, -0.1) is 0 Å². The normalized spacial score (nSPS) is 39.8. The second-order valence-corrected chi connectivity index (χ2v) is 7.37. The first-order chi connectivity index (χ1) is 10.3. The van der Waals surface area contributed by atoms with Gasteiger partial charge in [0.1, 0.15) is 0 Å². The van der Waals surface area contributed by atoms with Gasteiger partial charge in [-0.1, -0.05) is 36.8 Å². The quantitative estimate of drug-likeness (QED) is 0.548. The monoisotopic (exact) mass is 287 g/mol. The van der Waals surface area contributed by atoms with Gasteiger partial charge in [-0.2, -0.15) is 0 Å². The Balaban J connectivity index is 1.83. The van der Waals surface area contributed by atoms with Crippen LogP contribution in [0.15, 0.2) is 11.1 Å². The molecule has 2 amide bonds. The number of imide groups is 1. The van der Waals surface area contributed by atoms with Crippen LogP contribution < -0.4 is 5.32 Å². The molecule has 3 heteroatoms. The van der Waals surface area contributed by atoms with E-state index in [1.165, 1.54) is 51.4 Å². The Labute approximate surface area is 126 Å². The Bertz CT molecular complexity index is 463. The molecule has 3 nitrogen and oxygen atoms in total. The summed E-state index contributed by atoms with van der Waals surface area (Å²) in [6.07, 6.45) is 12.1. The second kappa shape index (κ2) is 5.26. The highest BCUT2D eigenvalue weighted by molar-refractivity contribution is 6.06. The Morgan fingerprint density at radius 1 is 0.667 bits per heavy atom. The largest absolute Gasteiger partial charge is 0.296 e. The number of hydrogen-bond acceptors (Lipinski definition) is 2. The van der Waals surface area contributed by atoms with Gasteiger partial charge in [0.15, 0.2) is 0 Å². The Kier molecular flexibility index (Phi) is 3.39. The molecule has 0 spiro atoms. The maximum absolute atomic E-state index is 12.4. The number of fused-ring (bicyclic) bond motifs is 5. The van der Waals surface area contributed by atoms with Gasteiger partial charge in [-0.05, 0) is 50.4 Å². The van der Waals surface area contributed by atoms with E-state index in [4.69, 9.17) is 0 Å². The van der Waals surface area contributed by atoms with Gasteiger partial charge in [-0.3, -0.25) is 14.9 Å². The molecule has 2 saturated carbocycles. The fourth-order valence-corrected chi connectivity index (χ4v) is 5.50. The summed E-state index contributed by atoms with van der Waals surface area (Å²) in [4.78, 5) is 24.8. The zero-order valence-corrected chi connectivity index (χ0v) is 12.7. The molecule has 0 aromatic rings. The summed E-state index contributed by atoms with van der Waals surface area (Å²) in [6, 6.07) is 0. The van der Waals surface area contributed by atoms with E-state index in [0.717, 1.165) is 12.8 Å². The van der Waals surface area contributed by atoms with E-state index < -0.39 is 0 Å². The molecule has 4 aliphatic rings. The van der Waals surface area contributed by atoms with Crippen molar-refractivity contribution >= 4 is 11.8 Å². The molecule has 1 saturated heterocycles. The van der Waals surface area contributed by atoms with Gasteiger partial charge >= 0.3 is 0 Å². The first-order valence-corrected chi connectivity index (χ1v) is 8.84. The first kappa shape index (κ1) is 13.5. The van der Waals surface area contributed by atoms with Crippen molar-refractivity contribution in [2.75, 3.05) is 0 Å². The third kappa shape index (κ3) is 2.08. The number of amides is 2. The van der Waals surface area contributed by atoms with Crippen molar-refractivity contribution in [1.29, 1.82) is 0 Å². The van der Waals surface area contributed by atoms with Gasteiger partial charge in [0, 0.05) is 0 Å². The van der Waals surface area contributed by atoms with Crippen molar-refractivity contribution in [2.45, 2.75) is 64.2 Å². The van der Waals surface area contributed by atoms with Gasteiger partial charge in [0.2, 0.25) is 11.8 Å². The van der Waals surface area contributed by atoms with Crippen molar-refractivity contribution in [2.24, 2.45) is 23.7 Å². The molecule has 1 N–H and O–H groups in total. The number of hydrogen-bond donors (Lipinski definition) is 1. The summed E-state index contributed by atoms with van der Waals surface area (Å²) in [5.74, 6) is 0.701. The third-order valence-corrected chi connectivity index (χ3v) is 6.34. The lowest BCUT2D eigenvalue weighted by molar-refractivity contribution is -0.126. The maximum Gasteiger partial charge on any atom is 0.231 e. The summed E-state index contributed by atoms with van der Waals surface area (Å²) in [6.45, 7) is 0. The molecule has 4 atom stereocenters. The molecule has 0 bridgehead atoms. The number of carbonyl (C=O) groups excluding carboxylic acids is 2. The lowest BCUT2D eigenvalue weighted by atomic mass is 9.62. The standard InChI is InChI=1S/C18H25NO2/c20-17-15-13-9-5-1-3-7-11(13)12-8-4-2-6-10-14(12)16(15)18(21)19-17/h13-16H,1-10H2,(H,19,20,21)/t13-,14+,15+,16-. The van der Waals surface area contributed by atoms with E-state index in [9.17, 15) is 9.59 Å². The average molecular weight is 287 g/mol. The molecule has 21 heavy (non-hydrogen) atoms. The van der Waals surface area contributed by atoms with E-state index in [1.807, 2.05) is 0 Å². The van der Waals surface area contributed by atoms with Crippen LogP contribution >= 0.6 is 0 Å². The molecule has 1 aliphatic heterocycles. The zero-order valence-electron chi connectivity index (χ0n) is 12.7. The third-order valence-electron chi connectivity index (χ3n) is 6.34. The zero-order chi connectivity index (χ0) is 14.4. The minimum Gasteiger partial charge on any atom is -0.296 e.